The molecular formula is C11H16O5. The molecule has 0 spiro atoms. The second-order valence-corrected chi connectivity index (χ2v) is 3.37. The van der Waals surface area contributed by atoms with E-state index in [9.17, 15) is 14.4 Å². The fraction of sp³-hybridized carbons (Fsp3) is 0.545. The van der Waals surface area contributed by atoms with E-state index in [4.69, 9.17) is 4.74 Å². The third-order valence-corrected chi connectivity index (χ3v) is 2.42. The lowest BCUT2D eigenvalue weighted by atomic mass is 9.79. The van der Waals surface area contributed by atoms with Crippen LogP contribution in [-0.2, 0) is 23.9 Å². The highest BCUT2D eigenvalue weighted by molar-refractivity contribution is 6.12. The Bertz CT molecular complexity index is 331. The molecular weight excluding hydrogens is 212 g/mol. The van der Waals surface area contributed by atoms with Crippen LogP contribution in [0.1, 0.15) is 20.8 Å². The van der Waals surface area contributed by atoms with Crippen molar-refractivity contribution in [2.75, 3.05) is 13.7 Å². The van der Waals surface area contributed by atoms with Crippen LogP contribution in [0.2, 0.25) is 0 Å². The van der Waals surface area contributed by atoms with Crippen LogP contribution < -0.4 is 0 Å². The van der Waals surface area contributed by atoms with Crippen molar-refractivity contribution in [3.8, 4) is 0 Å². The first kappa shape index (κ1) is 14.3. The zero-order chi connectivity index (χ0) is 12.9. The lowest BCUT2D eigenvalue weighted by Crippen LogP contribution is -2.40. The van der Waals surface area contributed by atoms with Crippen molar-refractivity contribution in [1.29, 1.82) is 0 Å². The SMILES string of the molecule is C=C(C(=O)OCC)C(C)(C(C)=O)C(=O)OC. The summed E-state index contributed by atoms with van der Waals surface area (Å²) in [5, 5.41) is 0. The van der Waals surface area contributed by atoms with Crippen LogP contribution in [0, 0.1) is 5.41 Å². The van der Waals surface area contributed by atoms with Gasteiger partial charge in [0.25, 0.3) is 0 Å². The maximum atomic E-state index is 11.5. The number of hydrogen-bond acceptors (Lipinski definition) is 5. The highest BCUT2D eigenvalue weighted by Crippen LogP contribution is 2.29. The lowest BCUT2D eigenvalue weighted by Gasteiger charge is -2.24. The quantitative estimate of drug-likeness (QED) is 0.397. The summed E-state index contributed by atoms with van der Waals surface area (Å²) in [6.07, 6.45) is 0. The summed E-state index contributed by atoms with van der Waals surface area (Å²) in [5.74, 6) is -2.11. The van der Waals surface area contributed by atoms with Gasteiger partial charge in [-0.15, -0.1) is 0 Å². The highest BCUT2D eigenvalue weighted by Gasteiger charge is 2.45. The predicted molar refractivity (Wildman–Crippen MR) is 56.6 cm³/mol. The average molecular weight is 228 g/mol. The molecule has 0 bridgehead atoms. The van der Waals surface area contributed by atoms with Gasteiger partial charge in [-0.3, -0.25) is 9.59 Å². The van der Waals surface area contributed by atoms with Crippen LogP contribution in [0.5, 0.6) is 0 Å². The molecule has 1 unspecified atom stereocenters. The summed E-state index contributed by atoms with van der Waals surface area (Å²) in [5.41, 5.74) is -1.89. The van der Waals surface area contributed by atoms with Crippen molar-refractivity contribution in [2.24, 2.45) is 5.41 Å². The van der Waals surface area contributed by atoms with Crippen LogP contribution in [0.3, 0.4) is 0 Å². The van der Waals surface area contributed by atoms with E-state index in [1.165, 1.54) is 13.8 Å². The van der Waals surface area contributed by atoms with Gasteiger partial charge in [-0.1, -0.05) is 6.58 Å². The zero-order valence-corrected chi connectivity index (χ0v) is 9.96. The Balaban J connectivity index is 5.22. The van der Waals surface area contributed by atoms with Gasteiger partial charge in [0.05, 0.1) is 19.3 Å². The number of Topliss-reactive ketones (excluding diaryl/α,β-unsaturated/α-hetero) is 1. The number of ketones is 1. The van der Waals surface area contributed by atoms with Crippen LogP contribution in [-0.4, -0.2) is 31.4 Å². The predicted octanol–water partition coefficient (Wildman–Crippen LogP) is 0.874. The molecule has 16 heavy (non-hydrogen) atoms. The minimum atomic E-state index is -1.68. The number of rotatable bonds is 5. The molecule has 0 aromatic carbocycles. The molecule has 0 amide bonds. The molecule has 5 heteroatoms. The monoisotopic (exact) mass is 228 g/mol. The van der Waals surface area contributed by atoms with Crippen LogP contribution in [0.4, 0.5) is 0 Å². The van der Waals surface area contributed by atoms with Crippen molar-refractivity contribution in [3.63, 3.8) is 0 Å². The number of carbonyl (C=O) groups is 3. The van der Waals surface area contributed by atoms with Gasteiger partial charge >= 0.3 is 11.9 Å². The fourth-order valence-corrected chi connectivity index (χ4v) is 1.11. The molecule has 0 aromatic heterocycles. The van der Waals surface area contributed by atoms with E-state index >= 15 is 0 Å². The van der Waals surface area contributed by atoms with E-state index in [1.54, 1.807) is 6.92 Å². The van der Waals surface area contributed by atoms with Gasteiger partial charge in [0, 0.05) is 0 Å². The van der Waals surface area contributed by atoms with Gasteiger partial charge in [0.1, 0.15) is 0 Å². The van der Waals surface area contributed by atoms with Gasteiger partial charge in [-0.05, 0) is 20.8 Å². The summed E-state index contributed by atoms with van der Waals surface area (Å²) >= 11 is 0. The van der Waals surface area contributed by atoms with E-state index in [-0.39, 0.29) is 12.2 Å². The molecule has 0 aliphatic rings. The second-order valence-electron chi connectivity index (χ2n) is 3.37. The second kappa shape index (κ2) is 5.44. The van der Waals surface area contributed by atoms with E-state index in [2.05, 4.69) is 11.3 Å². The van der Waals surface area contributed by atoms with Crippen molar-refractivity contribution in [2.45, 2.75) is 20.8 Å². The largest absolute Gasteiger partial charge is 0.468 e. The summed E-state index contributed by atoms with van der Waals surface area (Å²) in [6.45, 7) is 7.69. The Morgan fingerprint density at radius 3 is 2.12 bits per heavy atom. The number of esters is 2. The third-order valence-electron chi connectivity index (χ3n) is 2.42. The zero-order valence-electron chi connectivity index (χ0n) is 9.96. The molecule has 0 fully saturated rings. The van der Waals surface area contributed by atoms with Crippen LogP contribution >= 0.6 is 0 Å². The molecule has 0 aliphatic carbocycles. The minimum Gasteiger partial charge on any atom is -0.468 e. The molecule has 0 rings (SSSR count). The molecule has 0 aliphatic heterocycles. The molecule has 90 valence electrons. The van der Waals surface area contributed by atoms with Crippen molar-refractivity contribution in [1.82, 2.24) is 0 Å². The molecule has 0 saturated carbocycles. The van der Waals surface area contributed by atoms with Gasteiger partial charge in [0.15, 0.2) is 11.2 Å². The van der Waals surface area contributed by atoms with Gasteiger partial charge < -0.3 is 9.47 Å². The maximum Gasteiger partial charge on any atom is 0.335 e. The van der Waals surface area contributed by atoms with Gasteiger partial charge in [-0.25, -0.2) is 4.79 Å². The van der Waals surface area contributed by atoms with E-state index in [1.807, 2.05) is 0 Å². The molecule has 0 aromatic rings. The minimum absolute atomic E-state index is 0.146. The van der Waals surface area contributed by atoms with Crippen molar-refractivity contribution >= 4 is 17.7 Å². The summed E-state index contributed by atoms with van der Waals surface area (Å²) < 4.78 is 9.19. The average Bonchev–Trinajstić information content (AvgIpc) is 2.25. The Labute approximate surface area is 94.4 Å². The summed E-state index contributed by atoms with van der Waals surface area (Å²) in [6, 6.07) is 0. The smallest absolute Gasteiger partial charge is 0.335 e. The Morgan fingerprint density at radius 2 is 1.81 bits per heavy atom. The third kappa shape index (κ3) is 2.48. The molecule has 0 heterocycles. The first-order valence-electron chi connectivity index (χ1n) is 4.78. The first-order valence-corrected chi connectivity index (χ1v) is 4.78. The summed E-state index contributed by atoms with van der Waals surface area (Å²) in [4.78, 5) is 34.4. The standard InChI is InChI=1S/C11H16O5/c1-6-16-9(13)7(2)11(4,8(3)12)10(14)15-5/h2,6H2,1,3-5H3. The van der Waals surface area contributed by atoms with Crippen LogP contribution in [0.25, 0.3) is 0 Å². The molecule has 5 nitrogen and oxygen atoms in total. The molecule has 0 radical (unpaired) electrons. The molecule has 1 atom stereocenters. The topological polar surface area (TPSA) is 69.7 Å². The fourth-order valence-electron chi connectivity index (χ4n) is 1.11. The van der Waals surface area contributed by atoms with E-state index in [0.29, 0.717) is 0 Å². The number of hydrogen-bond donors (Lipinski definition) is 0. The van der Waals surface area contributed by atoms with Gasteiger partial charge in [-0.2, -0.15) is 0 Å². The lowest BCUT2D eigenvalue weighted by molar-refractivity contribution is -0.157. The first-order chi connectivity index (χ1) is 7.32. The van der Waals surface area contributed by atoms with Crippen molar-refractivity contribution < 1.29 is 23.9 Å². The van der Waals surface area contributed by atoms with Crippen LogP contribution in [0.15, 0.2) is 12.2 Å². The highest BCUT2D eigenvalue weighted by atomic mass is 16.5. The maximum absolute atomic E-state index is 11.5. The number of carbonyl (C=O) groups excluding carboxylic acids is 3. The number of ether oxygens (including phenoxy) is 2. The Hall–Kier alpha value is -1.65. The Kier molecular flexibility index (Phi) is 4.88. The Morgan fingerprint density at radius 1 is 1.31 bits per heavy atom. The summed E-state index contributed by atoms with van der Waals surface area (Å²) in [7, 11) is 1.14. The molecule has 0 N–H and O–H groups in total. The number of methoxy groups -OCH3 is 1. The normalized spacial score (nSPS) is 13.5. The van der Waals surface area contributed by atoms with Gasteiger partial charge in [0.2, 0.25) is 0 Å². The van der Waals surface area contributed by atoms with E-state index in [0.717, 1.165) is 7.11 Å². The molecule has 0 saturated heterocycles. The van der Waals surface area contributed by atoms with Crippen molar-refractivity contribution in [3.05, 3.63) is 12.2 Å². The van der Waals surface area contributed by atoms with E-state index < -0.39 is 23.1 Å².